The van der Waals surface area contributed by atoms with Crippen LogP contribution >= 0.6 is 72.8 Å². The van der Waals surface area contributed by atoms with E-state index in [9.17, 15) is 0 Å². The molecule has 0 fully saturated rings. The van der Waals surface area contributed by atoms with E-state index in [2.05, 4.69) is 23.2 Å². The van der Waals surface area contributed by atoms with E-state index in [-0.39, 0.29) is 49.6 Å². The Morgan fingerprint density at radius 1 is 0.875 bits per heavy atom. The summed E-state index contributed by atoms with van der Waals surface area (Å²) in [6.45, 7) is 0. The van der Waals surface area contributed by atoms with Gasteiger partial charge in [-0.25, -0.2) is 0 Å². The van der Waals surface area contributed by atoms with Gasteiger partial charge in [0.25, 0.3) is 0 Å². The number of carbonyl (C=O) groups excluding carboxylic acids is 1. The predicted molar refractivity (Wildman–Crippen MR) is 46.1 cm³/mol. The third-order valence-corrected chi connectivity index (χ3v) is 0. The van der Waals surface area contributed by atoms with Crippen molar-refractivity contribution < 1.29 is 4.79 Å². The van der Waals surface area contributed by atoms with Gasteiger partial charge in [-0.3, -0.25) is 4.79 Å². The monoisotopic (exact) mass is 242 g/mol. The highest BCUT2D eigenvalue weighted by molar-refractivity contribution is 6.93. The molecule has 0 saturated heterocycles. The molecule has 7 heteroatoms. The third-order valence-electron chi connectivity index (χ3n) is 0. The van der Waals surface area contributed by atoms with Crippen LogP contribution in [0.5, 0.6) is 0 Å². The summed E-state index contributed by atoms with van der Waals surface area (Å²) < 4.78 is -0.889. The highest BCUT2D eigenvalue weighted by Crippen LogP contribution is 1.84. The maximum atomic E-state index is 8.98. The van der Waals surface area contributed by atoms with Crippen LogP contribution < -0.4 is 0 Å². The van der Waals surface area contributed by atoms with Crippen molar-refractivity contribution in [1.29, 1.82) is 0 Å². The molecule has 0 aromatic heterocycles. The smallest absolute Gasteiger partial charge is 0.262 e. The van der Waals surface area contributed by atoms with Gasteiger partial charge in [0.1, 0.15) is 0 Å². The molecule has 0 spiro atoms. The summed E-state index contributed by atoms with van der Waals surface area (Å²) in [5.74, 6) is 0. The van der Waals surface area contributed by atoms with E-state index in [1.165, 1.54) is 0 Å². The van der Waals surface area contributed by atoms with Crippen molar-refractivity contribution in [2.24, 2.45) is 0 Å². The lowest BCUT2D eigenvalue weighted by molar-refractivity contribution is 0.275. The number of carbonyl (C=O) groups is 1. The zero-order chi connectivity index (χ0) is 3.58. The Balaban J connectivity index is -0.00000000750. The summed E-state index contributed by atoms with van der Waals surface area (Å²) in [5, 5.41) is 0. The molecule has 0 aromatic rings. The van der Waals surface area contributed by atoms with E-state index in [1.54, 1.807) is 0 Å². The van der Waals surface area contributed by atoms with Crippen LogP contribution in [0.25, 0.3) is 0 Å². The summed E-state index contributed by atoms with van der Waals surface area (Å²) in [6, 6.07) is 0. The molecule has 0 unspecified atom stereocenters. The van der Waals surface area contributed by atoms with Crippen LogP contribution in [0.2, 0.25) is 0 Å². The van der Waals surface area contributed by atoms with Crippen LogP contribution in [0.15, 0.2) is 0 Å². The maximum Gasteiger partial charge on any atom is 0.313 e. The zero-order valence-electron chi connectivity index (χ0n) is 3.30. The molecule has 0 N–H and O–H groups in total. The van der Waals surface area contributed by atoms with Crippen LogP contribution in [0, 0.1) is 0 Å². The molecule has 0 amide bonds. The second kappa shape index (κ2) is 23.7. The number of hydrogen-bond acceptors (Lipinski definition) is 1. The minimum Gasteiger partial charge on any atom is -0.262 e. The molecule has 0 aliphatic carbocycles. The molecular weight excluding hydrogens is 241 g/mol. The summed E-state index contributed by atoms with van der Waals surface area (Å²) in [4.78, 5) is 8.98. The molecule has 0 saturated carbocycles. The fourth-order valence-corrected chi connectivity index (χ4v) is 0. The van der Waals surface area contributed by atoms with Gasteiger partial charge in [-0.05, 0) is 23.2 Å². The molecule has 0 aromatic carbocycles. The minimum absolute atomic E-state index is 0. The standard InChI is InChI=1S/CCl2O.4ClH/c2-1(3)4;;;;/h;4*1H. The Bertz CT molecular complexity index is 31.5. The molecule has 1 nitrogen and oxygen atoms in total. The fraction of sp³-hybridized carbons (Fsp3) is 0. The first kappa shape index (κ1) is 34.2. The van der Waals surface area contributed by atoms with E-state index in [4.69, 9.17) is 4.79 Å². The van der Waals surface area contributed by atoms with Gasteiger partial charge >= 0.3 is 4.70 Å². The van der Waals surface area contributed by atoms with Gasteiger partial charge in [0, 0.05) is 0 Å². The van der Waals surface area contributed by atoms with E-state index in [1.807, 2.05) is 0 Å². The van der Waals surface area contributed by atoms with Gasteiger partial charge in [0.05, 0.1) is 0 Å². The van der Waals surface area contributed by atoms with Crippen molar-refractivity contribution >= 4 is 77.5 Å². The summed E-state index contributed by atoms with van der Waals surface area (Å²) >= 11 is 8.80. The summed E-state index contributed by atoms with van der Waals surface area (Å²) in [6.07, 6.45) is 0. The first-order valence-corrected chi connectivity index (χ1v) is 1.34. The highest BCUT2D eigenvalue weighted by Gasteiger charge is 1.72. The Hall–Kier alpha value is 1.41. The molecule has 8 heavy (non-hydrogen) atoms. The quantitative estimate of drug-likeness (QED) is 0.598. The largest absolute Gasteiger partial charge is 0.313 e. The number of hydrogen-bond donors (Lipinski definition) is 0. The Morgan fingerprint density at radius 3 is 0.875 bits per heavy atom. The van der Waals surface area contributed by atoms with Gasteiger partial charge in [-0.2, -0.15) is 0 Å². The van der Waals surface area contributed by atoms with Gasteiger partial charge < -0.3 is 0 Å². The van der Waals surface area contributed by atoms with Gasteiger partial charge in [-0.15, -0.1) is 49.6 Å². The van der Waals surface area contributed by atoms with Crippen molar-refractivity contribution in [2.75, 3.05) is 0 Å². The fourth-order valence-electron chi connectivity index (χ4n) is 0. The lowest BCUT2D eigenvalue weighted by atomic mass is 11.8. The molecule has 0 aliphatic heterocycles. The van der Waals surface area contributed by atoms with Crippen LogP contribution in [-0.4, -0.2) is 4.70 Å². The summed E-state index contributed by atoms with van der Waals surface area (Å²) in [7, 11) is 0. The molecular formula is CH4Cl6O. The SMILES string of the molecule is Cl.Cl.Cl.Cl.O=C(Cl)Cl. The maximum absolute atomic E-state index is 8.98. The van der Waals surface area contributed by atoms with Crippen molar-refractivity contribution in [3.63, 3.8) is 0 Å². The first-order valence-electron chi connectivity index (χ1n) is 0.582. The Morgan fingerprint density at radius 2 is 0.875 bits per heavy atom. The van der Waals surface area contributed by atoms with Crippen LogP contribution in [0.3, 0.4) is 0 Å². The molecule has 0 bridgehead atoms. The van der Waals surface area contributed by atoms with E-state index in [0.29, 0.717) is 0 Å². The third kappa shape index (κ3) is 153. The van der Waals surface area contributed by atoms with Gasteiger partial charge in [-0.1, -0.05) is 0 Å². The predicted octanol–water partition coefficient (Wildman–Crippen LogP) is 3.27. The highest BCUT2D eigenvalue weighted by atomic mass is 35.5. The lowest BCUT2D eigenvalue weighted by Gasteiger charge is -1.48. The normalized spacial score (nSPS) is 3.25. The van der Waals surface area contributed by atoms with Crippen molar-refractivity contribution in [1.82, 2.24) is 0 Å². The average molecular weight is 245 g/mol. The summed E-state index contributed by atoms with van der Waals surface area (Å²) in [5.41, 5.74) is 0. The van der Waals surface area contributed by atoms with Crippen molar-refractivity contribution in [3.8, 4) is 0 Å². The van der Waals surface area contributed by atoms with Crippen molar-refractivity contribution in [3.05, 3.63) is 0 Å². The van der Waals surface area contributed by atoms with Crippen LogP contribution in [0.1, 0.15) is 0 Å². The van der Waals surface area contributed by atoms with E-state index < -0.39 is 4.70 Å². The number of halogens is 6. The second-order valence-corrected chi connectivity index (χ2v) is 1.11. The van der Waals surface area contributed by atoms with E-state index in [0.717, 1.165) is 0 Å². The Kier molecular flexibility index (Phi) is 102. The van der Waals surface area contributed by atoms with Crippen LogP contribution in [-0.2, 0) is 0 Å². The topological polar surface area (TPSA) is 17.1 Å². The second-order valence-electron chi connectivity index (χ2n) is 0.226. The number of rotatable bonds is 0. The lowest BCUT2D eigenvalue weighted by Crippen LogP contribution is -1.46. The van der Waals surface area contributed by atoms with Gasteiger partial charge in [0.15, 0.2) is 0 Å². The van der Waals surface area contributed by atoms with Gasteiger partial charge in [0.2, 0.25) is 0 Å². The molecule has 0 rings (SSSR count). The first-order chi connectivity index (χ1) is 1.73. The van der Waals surface area contributed by atoms with E-state index >= 15 is 0 Å². The molecule has 0 radical (unpaired) electrons. The minimum atomic E-state index is -0.889. The molecule has 0 atom stereocenters. The molecule has 0 heterocycles. The average Bonchev–Trinajstić information content (AvgIpc) is 0.811. The molecule has 56 valence electrons. The Labute approximate surface area is 82.1 Å². The molecule has 0 aliphatic rings. The zero-order valence-corrected chi connectivity index (χ0v) is 8.08. The van der Waals surface area contributed by atoms with Crippen molar-refractivity contribution in [2.45, 2.75) is 0 Å². The van der Waals surface area contributed by atoms with Crippen LogP contribution in [0.4, 0.5) is 4.79 Å².